The molecular weight excluding hydrogens is 256 g/mol. The van der Waals surface area contributed by atoms with Gasteiger partial charge in [0.15, 0.2) is 4.90 Å². The fourth-order valence-corrected chi connectivity index (χ4v) is 3.11. The largest absolute Gasteiger partial charge is 0.289 e. The lowest BCUT2D eigenvalue weighted by Gasteiger charge is -2.13. The van der Waals surface area contributed by atoms with Crippen molar-refractivity contribution in [2.45, 2.75) is 37.6 Å². The number of nitro groups is 1. The van der Waals surface area contributed by atoms with Gasteiger partial charge in [-0.1, -0.05) is 25.5 Å². The molecule has 0 radical (unpaired) electrons. The van der Waals surface area contributed by atoms with Crippen LogP contribution in [0, 0.1) is 10.1 Å². The number of rotatable bonds is 6. The molecule has 18 heavy (non-hydrogen) atoms. The molecule has 0 aliphatic rings. The molecule has 1 aromatic carbocycles. The molecule has 6 nitrogen and oxygen atoms in total. The molecule has 0 aliphatic heterocycles. The first-order chi connectivity index (χ1) is 8.38. The Kier molecular flexibility index (Phi) is 4.80. The highest BCUT2D eigenvalue weighted by Gasteiger charge is 2.25. The van der Waals surface area contributed by atoms with Crippen LogP contribution in [0.15, 0.2) is 29.2 Å². The van der Waals surface area contributed by atoms with Gasteiger partial charge in [0.2, 0.25) is 10.0 Å². The second-order valence-electron chi connectivity index (χ2n) is 4.04. The van der Waals surface area contributed by atoms with Crippen LogP contribution in [0.25, 0.3) is 0 Å². The minimum absolute atomic E-state index is 0.250. The van der Waals surface area contributed by atoms with Gasteiger partial charge in [0.25, 0.3) is 5.69 Å². The Balaban J connectivity index is 3.09. The van der Waals surface area contributed by atoms with Gasteiger partial charge >= 0.3 is 0 Å². The number of nitrogens with one attached hydrogen (secondary N) is 1. The monoisotopic (exact) mass is 272 g/mol. The molecule has 1 N–H and O–H groups in total. The maximum atomic E-state index is 12.0. The number of hydrogen-bond donors (Lipinski definition) is 1. The molecule has 0 heterocycles. The molecule has 7 heteroatoms. The van der Waals surface area contributed by atoms with E-state index in [1.807, 2.05) is 6.92 Å². The summed E-state index contributed by atoms with van der Waals surface area (Å²) in [5.41, 5.74) is -0.409. The van der Waals surface area contributed by atoms with Crippen LogP contribution >= 0.6 is 0 Å². The van der Waals surface area contributed by atoms with Gasteiger partial charge in [-0.15, -0.1) is 0 Å². The fraction of sp³-hybridized carbons (Fsp3) is 0.455. The molecule has 1 atom stereocenters. The molecule has 0 aliphatic carbocycles. The highest BCUT2D eigenvalue weighted by Crippen LogP contribution is 2.23. The third-order valence-electron chi connectivity index (χ3n) is 2.43. The van der Waals surface area contributed by atoms with Crippen molar-refractivity contribution in [3.8, 4) is 0 Å². The van der Waals surface area contributed by atoms with Gasteiger partial charge in [0, 0.05) is 12.1 Å². The first-order valence-corrected chi connectivity index (χ1v) is 7.12. The van der Waals surface area contributed by atoms with Crippen LogP contribution in [0.5, 0.6) is 0 Å². The molecule has 0 aromatic heterocycles. The lowest BCUT2D eigenvalue weighted by Crippen LogP contribution is -2.32. The molecule has 0 spiro atoms. The first-order valence-electron chi connectivity index (χ1n) is 5.64. The van der Waals surface area contributed by atoms with Crippen LogP contribution in [-0.4, -0.2) is 19.4 Å². The number of nitrogens with zero attached hydrogens (tertiary/aromatic N) is 1. The van der Waals surface area contributed by atoms with Gasteiger partial charge < -0.3 is 0 Å². The van der Waals surface area contributed by atoms with E-state index in [1.165, 1.54) is 24.3 Å². The maximum Gasteiger partial charge on any atom is 0.289 e. The summed E-state index contributed by atoms with van der Waals surface area (Å²) in [4.78, 5) is 9.80. The van der Waals surface area contributed by atoms with Crippen LogP contribution < -0.4 is 4.72 Å². The molecule has 100 valence electrons. The van der Waals surface area contributed by atoms with Crippen LogP contribution in [0.3, 0.4) is 0 Å². The lowest BCUT2D eigenvalue weighted by atomic mass is 10.2. The lowest BCUT2D eigenvalue weighted by molar-refractivity contribution is -0.387. The normalized spacial score (nSPS) is 13.2. The average molecular weight is 272 g/mol. The standard InChI is InChI=1S/C11H16N2O4S/c1-3-6-9(2)12-18(16,17)11-8-5-4-7-10(11)13(14)15/h4-5,7-9,12H,3,6H2,1-2H3. The molecule has 0 saturated carbocycles. The van der Waals surface area contributed by atoms with Gasteiger partial charge in [0.1, 0.15) is 0 Å². The summed E-state index contributed by atoms with van der Waals surface area (Å²) >= 11 is 0. The van der Waals surface area contributed by atoms with Crippen molar-refractivity contribution in [2.24, 2.45) is 0 Å². The summed E-state index contributed by atoms with van der Waals surface area (Å²) in [7, 11) is -3.85. The molecular formula is C11H16N2O4S. The van der Waals surface area contributed by atoms with Gasteiger partial charge in [-0.3, -0.25) is 10.1 Å². The zero-order chi connectivity index (χ0) is 13.8. The van der Waals surface area contributed by atoms with E-state index in [1.54, 1.807) is 6.92 Å². The summed E-state index contributed by atoms with van der Waals surface area (Å²) in [5.74, 6) is 0. The third kappa shape index (κ3) is 3.51. The topological polar surface area (TPSA) is 89.3 Å². The van der Waals surface area contributed by atoms with E-state index < -0.39 is 20.6 Å². The fourth-order valence-electron chi connectivity index (χ4n) is 1.66. The van der Waals surface area contributed by atoms with E-state index in [4.69, 9.17) is 0 Å². The Labute approximate surface area is 106 Å². The van der Waals surface area contributed by atoms with E-state index in [-0.39, 0.29) is 10.9 Å². The third-order valence-corrected chi connectivity index (χ3v) is 4.07. The second kappa shape index (κ2) is 5.92. The maximum absolute atomic E-state index is 12.0. The zero-order valence-corrected chi connectivity index (χ0v) is 11.1. The summed E-state index contributed by atoms with van der Waals surface area (Å²) in [5, 5.41) is 10.8. The van der Waals surface area contributed by atoms with E-state index in [2.05, 4.69) is 4.72 Å². The van der Waals surface area contributed by atoms with Crippen LogP contribution in [0.4, 0.5) is 5.69 Å². The van der Waals surface area contributed by atoms with Crippen LogP contribution in [0.1, 0.15) is 26.7 Å². The molecule has 1 unspecified atom stereocenters. The van der Waals surface area contributed by atoms with E-state index in [0.29, 0.717) is 6.42 Å². The van der Waals surface area contributed by atoms with Crippen molar-refractivity contribution in [1.29, 1.82) is 0 Å². The van der Waals surface area contributed by atoms with Crippen molar-refractivity contribution in [1.82, 2.24) is 4.72 Å². The molecule has 0 saturated heterocycles. The van der Waals surface area contributed by atoms with Crippen molar-refractivity contribution < 1.29 is 13.3 Å². The molecule has 1 aromatic rings. The van der Waals surface area contributed by atoms with Crippen molar-refractivity contribution in [3.63, 3.8) is 0 Å². The first kappa shape index (κ1) is 14.6. The highest BCUT2D eigenvalue weighted by atomic mass is 32.2. The SMILES string of the molecule is CCCC(C)NS(=O)(=O)c1ccccc1[N+](=O)[O-]. The predicted molar refractivity (Wildman–Crippen MR) is 67.8 cm³/mol. The van der Waals surface area contributed by atoms with Crippen LogP contribution in [-0.2, 0) is 10.0 Å². The van der Waals surface area contributed by atoms with Crippen molar-refractivity contribution in [2.75, 3.05) is 0 Å². The average Bonchev–Trinajstić information content (AvgIpc) is 2.28. The highest BCUT2D eigenvalue weighted by molar-refractivity contribution is 7.89. The summed E-state index contributed by atoms with van der Waals surface area (Å²) < 4.78 is 26.5. The number of benzene rings is 1. The number of sulfonamides is 1. The summed E-state index contributed by atoms with van der Waals surface area (Å²) in [6.45, 7) is 3.67. The Hall–Kier alpha value is -1.47. The minimum Gasteiger partial charge on any atom is -0.258 e. The molecule has 0 fully saturated rings. The Morgan fingerprint density at radius 1 is 1.39 bits per heavy atom. The Bertz CT molecular complexity index is 528. The van der Waals surface area contributed by atoms with Crippen molar-refractivity contribution in [3.05, 3.63) is 34.4 Å². The second-order valence-corrected chi connectivity index (χ2v) is 5.72. The number of nitro benzene ring substituents is 1. The molecule has 0 bridgehead atoms. The molecule has 1 rings (SSSR count). The minimum atomic E-state index is -3.85. The quantitative estimate of drug-likeness (QED) is 0.634. The van der Waals surface area contributed by atoms with E-state index in [0.717, 1.165) is 6.42 Å². The Morgan fingerprint density at radius 3 is 2.56 bits per heavy atom. The van der Waals surface area contributed by atoms with Crippen molar-refractivity contribution >= 4 is 15.7 Å². The zero-order valence-electron chi connectivity index (χ0n) is 10.3. The van der Waals surface area contributed by atoms with Gasteiger partial charge in [0.05, 0.1) is 4.92 Å². The number of hydrogen-bond acceptors (Lipinski definition) is 4. The van der Waals surface area contributed by atoms with Gasteiger partial charge in [-0.2, -0.15) is 0 Å². The summed E-state index contributed by atoms with van der Waals surface area (Å²) in [6.07, 6.45) is 1.51. The van der Waals surface area contributed by atoms with Crippen LogP contribution in [0.2, 0.25) is 0 Å². The van der Waals surface area contributed by atoms with Gasteiger partial charge in [-0.05, 0) is 19.4 Å². The number of para-hydroxylation sites is 1. The van der Waals surface area contributed by atoms with E-state index in [9.17, 15) is 18.5 Å². The Morgan fingerprint density at radius 2 is 2.00 bits per heavy atom. The summed E-state index contributed by atoms with van der Waals surface area (Å²) in [6, 6.07) is 5.07. The van der Waals surface area contributed by atoms with E-state index >= 15 is 0 Å². The van der Waals surface area contributed by atoms with Gasteiger partial charge in [-0.25, -0.2) is 13.1 Å². The smallest absolute Gasteiger partial charge is 0.258 e. The molecule has 0 amide bonds. The predicted octanol–water partition coefficient (Wildman–Crippen LogP) is 2.06.